The van der Waals surface area contributed by atoms with Gasteiger partial charge >= 0.3 is 0 Å². The number of hydrogen-bond donors (Lipinski definition) is 1. The summed E-state index contributed by atoms with van der Waals surface area (Å²) < 4.78 is 14.5. The van der Waals surface area contributed by atoms with Crippen molar-refractivity contribution in [1.82, 2.24) is 10.2 Å². The highest BCUT2D eigenvalue weighted by Gasteiger charge is 2.25. The fourth-order valence-corrected chi connectivity index (χ4v) is 2.90. The maximum absolute atomic E-state index is 13.7. The van der Waals surface area contributed by atoms with Gasteiger partial charge in [0.25, 0.3) is 5.91 Å². The van der Waals surface area contributed by atoms with Crippen molar-refractivity contribution >= 4 is 34.2 Å². The SMILES string of the molecule is CNCC1CCCN(C(=O)c2cc(Br)ccc2F)C1.Cl. The summed E-state index contributed by atoms with van der Waals surface area (Å²) in [6.45, 7) is 2.31. The van der Waals surface area contributed by atoms with Crippen molar-refractivity contribution in [2.75, 3.05) is 26.7 Å². The van der Waals surface area contributed by atoms with E-state index in [1.165, 1.54) is 6.07 Å². The lowest BCUT2D eigenvalue weighted by Crippen LogP contribution is -2.42. The van der Waals surface area contributed by atoms with Crippen LogP contribution in [-0.4, -0.2) is 37.5 Å². The smallest absolute Gasteiger partial charge is 0.256 e. The minimum Gasteiger partial charge on any atom is -0.338 e. The van der Waals surface area contributed by atoms with E-state index < -0.39 is 5.82 Å². The molecule has 1 aliphatic rings. The Morgan fingerprint density at radius 1 is 1.55 bits per heavy atom. The van der Waals surface area contributed by atoms with Gasteiger partial charge < -0.3 is 10.2 Å². The van der Waals surface area contributed by atoms with Gasteiger partial charge in [0.2, 0.25) is 0 Å². The maximum atomic E-state index is 13.7. The van der Waals surface area contributed by atoms with Crippen molar-refractivity contribution in [3.63, 3.8) is 0 Å². The highest BCUT2D eigenvalue weighted by atomic mass is 79.9. The summed E-state index contributed by atoms with van der Waals surface area (Å²) in [6.07, 6.45) is 2.10. The predicted octanol–water partition coefficient (Wildman–Crippen LogP) is 3.08. The Morgan fingerprint density at radius 2 is 2.30 bits per heavy atom. The zero-order chi connectivity index (χ0) is 13.8. The molecule has 0 saturated carbocycles. The molecule has 1 saturated heterocycles. The van der Waals surface area contributed by atoms with Crippen LogP contribution < -0.4 is 5.32 Å². The Morgan fingerprint density at radius 3 is 3.00 bits per heavy atom. The molecule has 0 aromatic heterocycles. The quantitative estimate of drug-likeness (QED) is 0.893. The molecule has 1 amide bonds. The summed E-state index contributed by atoms with van der Waals surface area (Å²) in [7, 11) is 1.91. The van der Waals surface area contributed by atoms with Crippen molar-refractivity contribution in [3.8, 4) is 0 Å². The number of nitrogens with zero attached hydrogens (tertiary/aromatic N) is 1. The fourth-order valence-electron chi connectivity index (χ4n) is 2.54. The third kappa shape index (κ3) is 4.17. The Labute approximate surface area is 133 Å². The first-order chi connectivity index (χ1) is 9.11. The van der Waals surface area contributed by atoms with Gasteiger partial charge in [-0.1, -0.05) is 15.9 Å². The summed E-state index contributed by atoms with van der Waals surface area (Å²) in [6, 6.07) is 4.48. The number of benzene rings is 1. The summed E-state index contributed by atoms with van der Waals surface area (Å²) in [5, 5.41) is 3.14. The topological polar surface area (TPSA) is 32.3 Å². The van der Waals surface area contributed by atoms with Crippen LogP contribution in [0.2, 0.25) is 0 Å². The molecule has 0 aliphatic carbocycles. The van der Waals surface area contributed by atoms with Gasteiger partial charge in [0.15, 0.2) is 0 Å². The number of amides is 1. The molecule has 1 aliphatic heterocycles. The lowest BCUT2D eigenvalue weighted by molar-refractivity contribution is 0.0669. The van der Waals surface area contributed by atoms with Crippen LogP contribution in [0.25, 0.3) is 0 Å². The number of likely N-dealkylation sites (tertiary alicyclic amines) is 1. The third-order valence-electron chi connectivity index (χ3n) is 3.46. The number of halogens is 3. The molecule has 6 heteroatoms. The van der Waals surface area contributed by atoms with E-state index in [0.717, 1.165) is 23.9 Å². The maximum Gasteiger partial charge on any atom is 0.256 e. The van der Waals surface area contributed by atoms with E-state index in [-0.39, 0.29) is 23.9 Å². The Kier molecular flexibility index (Phi) is 6.92. The van der Waals surface area contributed by atoms with Gasteiger partial charge in [-0.15, -0.1) is 12.4 Å². The van der Waals surface area contributed by atoms with Crippen LogP contribution in [0.4, 0.5) is 4.39 Å². The number of nitrogens with one attached hydrogen (secondary N) is 1. The van der Waals surface area contributed by atoms with E-state index in [9.17, 15) is 9.18 Å². The number of piperidine rings is 1. The largest absolute Gasteiger partial charge is 0.338 e. The van der Waals surface area contributed by atoms with Crippen LogP contribution in [0, 0.1) is 11.7 Å². The molecule has 112 valence electrons. The van der Waals surface area contributed by atoms with E-state index in [4.69, 9.17) is 0 Å². The molecular formula is C14H19BrClFN2O. The van der Waals surface area contributed by atoms with Crippen LogP contribution in [0.3, 0.4) is 0 Å². The van der Waals surface area contributed by atoms with Gasteiger partial charge in [0, 0.05) is 17.6 Å². The second-order valence-electron chi connectivity index (χ2n) is 4.94. The van der Waals surface area contributed by atoms with Crippen molar-refractivity contribution in [1.29, 1.82) is 0 Å². The average Bonchev–Trinajstić information content (AvgIpc) is 2.41. The van der Waals surface area contributed by atoms with Gasteiger partial charge in [-0.25, -0.2) is 4.39 Å². The molecule has 1 fully saturated rings. The van der Waals surface area contributed by atoms with Crippen molar-refractivity contribution in [3.05, 3.63) is 34.1 Å². The average molecular weight is 366 g/mol. The molecule has 2 rings (SSSR count). The molecule has 1 atom stereocenters. The monoisotopic (exact) mass is 364 g/mol. The first-order valence-corrected chi connectivity index (χ1v) is 7.30. The Bertz CT molecular complexity index is 470. The van der Waals surface area contributed by atoms with Crippen LogP contribution in [0.5, 0.6) is 0 Å². The van der Waals surface area contributed by atoms with E-state index in [1.807, 2.05) is 7.05 Å². The number of carbonyl (C=O) groups is 1. The van der Waals surface area contributed by atoms with E-state index in [0.29, 0.717) is 19.0 Å². The Hall–Kier alpha value is -0.650. The van der Waals surface area contributed by atoms with Crippen molar-refractivity contribution < 1.29 is 9.18 Å². The molecule has 1 unspecified atom stereocenters. The van der Waals surface area contributed by atoms with Crippen molar-refractivity contribution in [2.45, 2.75) is 12.8 Å². The first-order valence-electron chi connectivity index (χ1n) is 6.50. The van der Waals surface area contributed by atoms with E-state index in [1.54, 1.807) is 17.0 Å². The molecule has 1 N–H and O–H groups in total. The normalized spacial score (nSPS) is 18.6. The Balaban J connectivity index is 0.00000200. The minimum absolute atomic E-state index is 0. The standard InChI is InChI=1S/C14H18BrFN2O.ClH/c1-17-8-10-3-2-6-18(9-10)14(19)12-7-11(15)4-5-13(12)16;/h4-5,7,10,17H,2-3,6,8-9H2,1H3;1H. The number of rotatable bonds is 3. The van der Waals surface area contributed by atoms with Crippen LogP contribution >= 0.6 is 28.3 Å². The molecule has 20 heavy (non-hydrogen) atoms. The molecule has 0 bridgehead atoms. The summed E-state index contributed by atoms with van der Waals surface area (Å²) >= 11 is 3.28. The molecule has 0 spiro atoms. The van der Waals surface area contributed by atoms with Gasteiger partial charge in [0.1, 0.15) is 5.82 Å². The second-order valence-corrected chi connectivity index (χ2v) is 5.86. The fraction of sp³-hybridized carbons (Fsp3) is 0.500. The predicted molar refractivity (Wildman–Crippen MR) is 83.9 cm³/mol. The third-order valence-corrected chi connectivity index (χ3v) is 3.95. The second kappa shape index (κ2) is 7.96. The summed E-state index contributed by atoms with van der Waals surface area (Å²) in [4.78, 5) is 14.1. The molecule has 1 aromatic carbocycles. The highest BCUT2D eigenvalue weighted by molar-refractivity contribution is 9.10. The zero-order valence-electron chi connectivity index (χ0n) is 11.4. The summed E-state index contributed by atoms with van der Waals surface area (Å²) in [5.74, 6) is -0.207. The molecular weight excluding hydrogens is 347 g/mol. The lowest BCUT2D eigenvalue weighted by Gasteiger charge is -2.32. The number of carbonyl (C=O) groups excluding carboxylic acids is 1. The highest BCUT2D eigenvalue weighted by Crippen LogP contribution is 2.21. The molecule has 3 nitrogen and oxygen atoms in total. The van der Waals surface area contributed by atoms with Crippen LogP contribution in [-0.2, 0) is 0 Å². The van der Waals surface area contributed by atoms with Crippen LogP contribution in [0.1, 0.15) is 23.2 Å². The molecule has 0 radical (unpaired) electrons. The van der Waals surface area contributed by atoms with E-state index in [2.05, 4.69) is 21.2 Å². The van der Waals surface area contributed by atoms with Crippen LogP contribution in [0.15, 0.2) is 22.7 Å². The molecule has 1 heterocycles. The first kappa shape index (κ1) is 17.4. The van der Waals surface area contributed by atoms with E-state index >= 15 is 0 Å². The van der Waals surface area contributed by atoms with Gasteiger partial charge in [-0.3, -0.25) is 4.79 Å². The van der Waals surface area contributed by atoms with Crippen molar-refractivity contribution in [2.24, 2.45) is 5.92 Å². The van der Waals surface area contributed by atoms with Gasteiger partial charge in [0.05, 0.1) is 5.56 Å². The van der Waals surface area contributed by atoms with Gasteiger partial charge in [-0.2, -0.15) is 0 Å². The number of hydrogen-bond acceptors (Lipinski definition) is 2. The lowest BCUT2D eigenvalue weighted by atomic mass is 9.97. The zero-order valence-corrected chi connectivity index (χ0v) is 13.8. The minimum atomic E-state index is -0.455. The van der Waals surface area contributed by atoms with Gasteiger partial charge in [-0.05, 0) is 50.6 Å². The molecule has 1 aromatic rings. The summed E-state index contributed by atoms with van der Waals surface area (Å²) in [5.41, 5.74) is 0.152.